The van der Waals surface area contributed by atoms with Crippen LogP contribution in [-0.2, 0) is 40.9 Å². The smallest absolute Gasteiger partial charge is 0.126 e. The molecule has 0 aliphatic heterocycles. The Kier molecular flexibility index (Phi) is 244. The molecule has 0 saturated carbocycles. The van der Waals surface area contributed by atoms with Gasteiger partial charge in [0.15, 0.2) is 0 Å². The SMILES string of the molecule is [C-]#[O+].[C-]#[O+].[C-]#[O+].[Fe].[O][CH][CH][CH]C=O. The van der Waals surface area contributed by atoms with E-state index < -0.39 is 0 Å². The number of carbonyl (C=O) groups excluding carboxylic acids is 1. The summed E-state index contributed by atoms with van der Waals surface area (Å²) < 4.78 is 22.5. The molecule has 0 aromatic heterocycles. The first-order valence-corrected chi connectivity index (χ1v) is 2.08. The molecule has 0 aromatic rings. The van der Waals surface area contributed by atoms with Gasteiger partial charge in [-0.2, -0.15) is 0 Å². The summed E-state index contributed by atoms with van der Waals surface area (Å²) in [7, 11) is 0. The van der Waals surface area contributed by atoms with Crippen LogP contribution >= 0.6 is 0 Å². The molecule has 0 rings (SSSR count). The fourth-order valence-electron chi connectivity index (χ4n) is 0.0907. The standard InChI is InChI=1S/C4H4O2.3CO.Fe/c5-3-1-2-4-6;3*1-2;/h1-4H;;;;. The van der Waals surface area contributed by atoms with Crippen molar-refractivity contribution in [2.24, 2.45) is 0 Å². The third kappa shape index (κ3) is 178. The Balaban J connectivity index is -0.0000000263. The molecule has 13 heavy (non-hydrogen) atoms. The molecule has 0 saturated heterocycles. The Morgan fingerprint density at radius 2 is 1.15 bits per heavy atom. The first-order chi connectivity index (χ1) is 5.91. The molecule has 6 heteroatoms. The van der Waals surface area contributed by atoms with Crippen molar-refractivity contribution in [3.8, 4) is 0 Å². The van der Waals surface area contributed by atoms with Gasteiger partial charge in [0.1, 0.15) is 12.9 Å². The summed E-state index contributed by atoms with van der Waals surface area (Å²) in [5.41, 5.74) is 0. The minimum atomic E-state index is 0. The fraction of sp³-hybridized carbons (Fsp3) is 0. The van der Waals surface area contributed by atoms with Gasteiger partial charge < -0.3 is 4.79 Å². The monoisotopic (exact) mass is 224 g/mol. The molecule has 0 N–H and O–H groups in total. The van der Waals surface area contributed by atoms with Crippen molar-refractivity contribution in [1.82, 2.24) is 0 Å². The van der Waals surface area contributed by atoms with Gasteiger partial charge in [0.05, 0.1) is 0 Å². The van der Waals surface area contributed by atoms with Gasteiger partial charge in [-0.15, -0.1) is 0 Å². The molecular formula is C7H4FeO5. The van der Waals surface area contributed by atoms with Crippen LogP contribution in [0.4, 0.5) is 0 Å². The van der Waals surface area contributed by atoms with Crippen molar-refractivity contribution in [3.05, 3.63) is 39.4 Å². The van der Waals surface area contributed by atoms with Crippen LogP contribution in [0.3, 0.4) is 0 Å². The van der Waals surface area contributed by atoms with Gasteiger partial charge in [0, 0.05) is 29.9 Å². The molecule has 0 atom stereocenters. The third-order valence-corrected chi connectivity index (χ3v) is 0.268. The average molecular weight is 224 g/mol. The second-order valence-corrected chi connectivity index (χ2v) is 0.657. The van der Waals surface area contributed by atoms with E-state index in [1.54, 1.807) is 0 Å². The zero-order chi connectivity index (χ0) is 10.8. The van der Waals surface area contributed by atoms with E-state index in [1.807, 2.05) is 0 Å². The summed E-state index contributed by atoms with van der Waals surface area (Å²) in [6, 6.07) is 0. The van der Waals surface area contributed by atoms with Gasteiger partial charge in [0.25, 0.3) is 0 Å². The number of rotatable bonds is 3. The van der Waals surface area contributed by atoms with E-state index in [9.17, 15) is 9.90 Å². The number of hydrogen-bond donors (Lipinski definition) is 0. The van der Waals surface area contributed by atoms with E-state index in [2.05, 4.69) is 20.0 Å². The topological polar surface area (TPSA) is 96.7 Å². The van der Waals surface area contributed by atoms with Crippen molar-refractivity contribution in [2.45, 2.75) is 0 Å². The van der Waals surface area contributed by atoms with Crippen molar-refractivity contribution < 1.29 is 40.9 Å². The van der Waals surface area contributed by atoms with E-state index >= 15 is 0 Å². The molecule has 0 unspecified atom stereocenters. The number of aldehydes is 1. The molecule has 0 aliphatic carbocycles. The maximum atomic E-state index is 9.32. The van der Waals surface area contributed by atoms with E-state index in [0.29, 0.717) is 12.9 Å². The van der Waals surface area contributed by atoms with Crippen molar-refractivity contribution in [1.29, 1.82) is 0 Å². The second kappa shape index (κ2) is 108. The van der Waals surface area contributed by atoms with Gasteiger partial charge in [-0.05, 0) is 0 Å². The third-order valence-electron chi connectivity index (χ3n) is 0.268. The van der Waals surface area contributed by atoms with Crippen molar-refractivity contribution in [2.75, 3.05) is 0 Å². The minimum absolute atomic E-state index is 0. The van der Waals surface area contributed by atoms with Crippen LogP contribution in [0.25, 0.3) is 0 Å². The Labute approximate surface area is 87.1 Å². The molecule has 0 spiro atoms. The average Bonchev–Trinajstić information content (AvgIpc) is 2.24. The van der Waals surface area contributed by atoms with Crippen LogP contribution < -0.4 is 0 Å². The van der Waals surface area contributed by atoms with Crippen LogP contribution in [0.1, 0.15) is 0 Å². The molecule has 70 valence electrons. The molecule has 0 aliphatic rings. The summed E-state index contributed by atoms with van der Waals surface area (Å²) in [4.78, 5) is 9.32. The van der Waals surface area contributed by atoms with Crippen LogP contribution in [0.15, 0.2) is 0 Å². The Morgan fingerprint density at radius 1 is 0.846 bits per heavy atom. The van der Waals surface area contributed by atoms with Crippen LogP contribution in [0.2, 0.25) is 0 Å². The first kappa shape index (κ1) is 29.4. The predicted octanol–water partition coefficient (Wildman–Crippen LogP) is 0.0711. The van der Waals surface area contributed by atoms with E-state index in [0.717, 1.165) is 12.8 Å². The molecule has 0 aromatic carbocycles. The molecule has 4 radical (unpaired) electrons. The molecule has 0 heterocycles. The quantitative estimate of drug-likeness (QED) is 0.219. The number of carbonyl (C=O) groups is 1. The van der Waals surface area contributed by atoms with Gasteiger partial charge in [0.2, 0.25) is 0 Å². The zero-order valence-electron chi connectivity index (χ0n) is 6.20. The van der Waals surface area contributed by atoms with Crippen molar-refractivity contribution >= 4 is 6.29 Å². The number of unbranched alkanes of at least 4 members (excludes halogenated alkanes) is 1. The maximum Gasteiger partial charge on any atom is 0.126 e. The van der Waals surface area contributed by atoms with Crippen LogP contribution in [0.5, 0.6) is 0 Å². The largest absolute Gasteiger partial charge is 0.303 e. The maximum absolute atomic E-state index is 9.32. The summed E-state index contributed by atoms with van der Waals surface area (Å²) in [6.45, 7) is 14.0. The predicted molar refractivity (Wildman–Crippen MR) is 31.4 cm³/mol. The Hall–Kier alpha value is -0.631. The zero-order valence-corrected chi connectivity index (χ0v) is 7.31. The van der Waals surface area contributed by atoms with Crippen LogP contribution in [0, 0.1) is 39.4 Å². The normalized spacial score (nSPS) is 4.23. The molecular weight excluding hydrogens is 220 g/mol. The summed E-state index contributed by atoms with van der Waals surface area (Å²) >= 11 is 0. The molecule has 0 amide bonds. The van der Waals surface area contributed by atoms with Gasteiger partial charge in [-0.1, -0.05) is 0 Å². The van der Waals surface area contributed by atoms with Gasteiger partial charge >= 0.3 is 33.9 Å². The van der Waals surface area contributed by atoms with Crippen molar-refractivity contribution in [3.63, 3.8) is 0 Å². The Morgan fingerprint density at radius 3 is 1.23 bits per heavy atom. The summed E-state index contributed by atoms with van der Waals surface area (Å²) in [5, 5.41) is 9.32. The molecule has 0 bridgehead atoms. The van der Waals surface area contributed by atoms with Crippen LogP contribution in [-0.4, -0.2) is 6.29 Å². The van der Waals surface area contributed by atoms with Gasteiger partial charge in [-0.25, -0.2) is 5.11 Å². The fourth-order valence-corrected chi connectivity index (χ4v) is 0.0907. The Bertz CT molecular complexity index is 104. The molecule has 5 nitrogen and oxygen atoms in total. The van der Waals surface area contributed by atoms with E-state index in [4.69, 9.17) is 14.0 Å². The second-order valence-electron chi connectivity index (χ2n) is 0.657. The van der Waals surface area contributed by atoms with E-state index in [1.165, 1.54) is 0 Å². The minimum Gasteiger partial charge on any atom is -0.303 e. The number of hydrogen-bond acceptors (Lipinski definition) is 1. The summed E-state index contributed by atoms with van der Waals surface area (Å²) in [6.07, 6.45) is 2.81. The van der Waals surface area contributed by atoms with Gasteiger partial charge in [-0.3, -0.25) is 0 Å². The summed E-state index contributed by atoms with van der Waals surface area (Å²) in [5.74, 6) is 0. The van der Waals surface area contributed by atoms with E-state index in [-0.39, 0.29) is 17.1 Å². The first-order valence-electron chi connectivity index (χ1n) is 2.08. The molecule has 0 fully saturated rings.